The fraction of sp³-hybridized carbons (Fsp3) is 0.375. The Hall–Kier alpha value is -3.19. The van der Waals surface area contributed by atoms with Gasteiger partial charge >= 0.3 is 12.0 Å². The van der Waals surface area contributed by atoms with Gasteiger partial charge in [0.2, 0.25) is 0 Å². The van der Waals surface area contributed by atoms with Gasteiger partial charge in [0.25, 0.3) is 5.91 Å². The van der Waals surface area contributed by atoms with Gasteiger partial charge in [-0.1, -0.05) is 60.7 Å². The maximum atomic E-state index is 13.8. The zero-order chi connectivity index (χ0) is 21.8. The topological polar surface area (TPSA) is 79.0 Å². The Labute approximate surface area is 182 Å². The fourth-order valence-corrected chi connectivity index (χ4v) is 4.48. The van der Waals surface area contributed by atoms with Crippen LogP contribution in [0.1, 0.15) is 30.9 Å². The largest absolute Gasteiger partial charge is 0.466 e. The Kier molecular flexibility index (Phi) is 6.04. The molecule has 3 amide bonds. The van der Waals surface area contributed by atoms with E-state index in [4.69, 9.17) is 4.74 Å². The molecule has 1 atom stereocenters. The number of piperidine rings is 1. The summed E-state index contributed by atoms with van der Waals surface area (Å²) in [6.07, 6.45) is 1.57. The molecule has 0 aromatic heterocycles. The second-order valence-electron chi connectivity index (χ2n) is 7.96. The van der Waals surface area contributed by atoms with Crippen LogP contribution in [0.3, 0.4) is 0 Å². The van der Waals surface area contributed by atoms with Crippen molar-refractivity contribution in [1.82, 2.24) is 15.1 Å². The molecule has 2 aliphatic heterocycles. The number of hydrogen-bond donors (Lipinski definition) is 1. The van der Waals surface area contributed by atoms with E-state index in [1.807, 2.05) is 65.6 Å². The Bertz CT molecular complexity index is 908. The van der Waals surface area contributed by atoms with E-state index < -0.39 is 11.6 Å². The molecule has 2 aromatic carbocycles. The van der Waals surface area contributed by atoms with Crippen molar-refractivity contribution >= 4 is 17.9 Å². The molecule has 0 radical (unpaired) electrons. The Morgan fingerprint density at radius 3 is 2.26 bits per heavy atom. The Morgan fingerprint density at radius 1 is 1.06 bits per heavy atom. The summed E-state index contributed by atoms with van der Waals surface area (Å²) in [4.78, 5) is 42.2. The van der Waals surface area contributed by atoms with Crippen molar-refractivity contribution in [2.45, 2.75) is 25.3 Å². The third-order valence-corrected chi connectivity index (χ3v) is 5.99. The number of hydrogen-bond acceptors (Lipinski definition) is 5. The van der Waals surface area contributed by atoms with Gasteiger partial charge in [-0.2, -0.15) is 0 Å². The molecular formula is C24H27N3O4. The van der Waals surface area contributed by atoms with Crippen LogP contribution in [-0.4, -0.2) is 54.1 Å². The van der Waals surface area contributed by atoms with E-state index >= 15 is 0 Å². The predicted octanol–water partition coefficient (Wildman–Crippen LogP) is 2.71. The first-order valence-electron chi connectivity index (χ1n) is 10.7. The van der Waals surface area contributed by atoms with Gasteiger partial charge in [0, 0.05) is 6.54 Å². The number of esters is 1. The van der Waals surface area contributed by atoms with Crippen molar-refractivity contribution in [1.29, 1.82) is 0 Å². The molecule has 0 bridgehead atoms. The summed E-state index contributed by atoms with van der Waals surface area (Å²) >= 11 is 0. The molecule has 0 spiro atoms. The molecule has 1 N–H and O–H groups in total. The van der Waals surface area contributed by atoms with Gasteiger partial charge in [-0.15, -0.1) is 0 Å². The minimum atomic E-state index is -1.27. The third-order valence-electron chi connectivity index (χ3n) is 5.99. The van der Waals surface area contributed by atoms with Gasteiger partial charge in [0.1, 0.15) is 0 Å². The highest BCUT2D eigenvalue weighted by Crippen LogP contribution is 2.36. The van der Waals surface area contributed by atoms with Crippen molar-refractivity contribution in [3.05, 3.63) is 71.8 Å². The number of urea groups is 1. The molecule has 0 saturated carbocycles. The molecular weight excluding hydrogens is 394 g/mol. The van der Waals surface area contributed by atoms with Gasteiger partial charge in [0.05, 0.1) is 19.2 Å². The molecule has 7 heteroatoms. The van der Waals surface area contributed by atoms with Crippen LogP contribution in [0.15, 0.2) is 60.7 Å². The molecule has 2 aliphatic rings. The number of amides is 3. The lowest BCUT2D eigenvalue weighted by Crippen LogP contribution is -2.48. The number of carbonyl (C=O) groups is 3. The SMILES string of the molecule is CCOC(=O)[C@@H]1CCCN(CN2C(=O)NC(c3ccccc3)(c3ccccc3)C2=O)C1. The van der Waals surface area contributed by atoms with Crippen LogP contribution < -0.4 is 5.32 Å². The molecule has 0 aliphatic carbocycles. The molecule has 2 aromatic rings. The molecule has 31 heavy (non-hydrogen) atoms. The fourth-order valence-electron chi connectivity index (χ4n) is 4.48. The summed E-state index contributed by atoms with van der Waals surface area (Å²) in [6, 6.07) is 18.2. The lowest BCUT2D eigenvalue weighted by molar-refractivity contribution is -0.150. The number of nitrogens with one attached hydrogen (secondary N) is 1. The molecule has 2 saturated heterocycles. The van der Waals surface area contributed by atoms with E-state index in [1.54, 1.807) is 6.92 Å². The molecule has 4 rings (SSSR count). The predicted molar refractivity (Wildman–Crippen MR) is 115 cm³/mol. The summed E-state index contributed by atoms with van der Waals surface area (Å²) in [5, 5.41) is 2.96. The lowest BCUT2D eigenvalue weighted by Gasteiger charge is -2.34. The molecule has 162 valence electrons. The second-order valence-corrected chi connectivity index (χ2v) is 7.96. The van der Waals surface area contributed by atoms with Crippen molar-refractivity contribution in [2.24, 2.45) is 5.92 Å². The first-order valence-corrected chi connectivity index (χ1v) is 10.7. The van der Waals surface area contributed by atoms with Crippen molar-refractivity contribution < 1.29 is 19.1 Å². The number of benzene rings is 2. The summed E-state index contributed by atoms with van der Waals surface area (Å²) in [7, 11) is 0. The van der Waals surface area contributed by atoms with Gasteiger partial charge in [0.15, 0.2) is 5.54 Å². The molecule has 7 nitrogen and oxygen atoms in total. The van der Waals surface area contributed by atoms with Crippen LogP contribution in [0.5, 0.6) is 0 Å². The summed E-state index contributed by atoms with van der Waals surface area (Å²) < 4.78 is 5.17. The summed E-state index contributed by atoms with van der Waals surface area (Å²) in [6.45, 7) is 3.47. The number of ether oxygens (including phenoxy) is 1. The maximum absolute atomic E-state index is 13.8. The number of likely N-dealkylation sites (tertiary alicyclic amines) is 1. The Morgan fingerprint density at radius 2 is 1.68 bits per heavy atom. The molecule has 0 unspecified atom stereocenters. The van der Waals surface area contributed by atoms with E-state index in [2.05, 4.69) is 5.32 Å². The van der Waals surface area contributed by atoms with Crippen molar-refractivity contribution in [2.75, 3.05) is 26.4 Å². The highest BCUT2D eigenvalue weighted by Gasteiger charge is 2.54. The van der Waals surface area contributed by atoms with Crippen molar-refractivity contribution in [3.63, 3.8) is 0 Å². The molecule has 2 fully saturated rings. The second kappa shape index (κ2) is 8.89. The smallest absolute Gasteiger partial charge is 0.326 e. The minimum absolute atomic E-state index is 0.141. The number of rotatable bonds is 6. The minimum Gasteiger partial charge on any atom is -0.466 e. The van der Waals surface area contributed by atoms with Crippen LogP contribution in [0.2, 0.25) is 0 Å². The normalized spacial score (nSPS) is 21.1. The van der Waals surface area contributed by atoms with Crippen molar-refractivity contribution in [3.8, 4) is 0 Å². The highest BCUT2D eigenvalue weighted by molar-refractivity contribution is 6.09. The van der Waals surface area contributed by atoms with E-state index in [9.17, 15) is 14.4 Å². The van der Waals surface area contributed by atoms with Crippen LogP contribution in [0, 0.1) is 5.92 Å². The van der Waals surface area contributed by atoms with Crippen LogP contribution in [0.4, 0.5) is 4.79 Å². The standard InChI is InChI=1S/C24H27N3O4/c1-2-31-21(28)18-10-9-15-26(16-18)17-27-22(29)24(25-23(27)30,19-11-5-3-6-12-19)20-13-7-4-8-14-20/h3-8,11-14,18H,2,9-10,15-17H2,1H3,(H,25,30)/t18-/m1/s1. The van der Waals surface area contributed by atoms with Crippen LogP contribution in [-0.2, 0) is 19.9 Å². The van der Waals surface area contributed by atoms with Gasteiger partial charge in [-0.25, -0.2) is 9.69 Å². The van der Waals surface area contributed by atoms with Crippen LogP contribution in [0.25, 0.3) is 0 Å². The number of imide groups is 1. The zero-order valence-electron chi connectivity index (χ0n) is 17.6. The monoisotopic (exact) mass is 421 g/mol. The zero-order valence-corrected chi connectivity index (χ0v) is 17.6. The number of carbonyl (C=O) groups excluding carboxylic acids is 3. The lowest BCUT2D eigenvalue weighted by atomic mass is 9.83. The van der Waals surface area contributed by atoms with E-state index in [0.717, 1.165) is 19.4 Å². The number of nitrogens with zero attached hydrogens (tertiary/aromatic N) is 2. The average Bonchev–Trinajstić information content (AvgIpc) is 3.06. The molecule has 2 heterocycles. The average molecular weight is 421 g/mol. The first-order chi connectivity index (χ1) is 15.1. The maximum Gasteiger partial charge on any atom is 0.326 e. The van der Waals surface area contributed by atoms with E-state index in [1.165, 1.54) is 4.90 Å². The quantitative estimate of drug-likeness (QED) is 0.573. The van der Waals surface area contributed by atoms with Gasteiger partial charge in [-0.3, -0.25) is 14.5 Å². The van der Waals surface area contributed by atoms with E-state index in [0.29, 0.717) is 24.3 Å². The summed E-state index contributed by atoms with van der Waals surface area (Å²) in [5.74, 6) is -0.761. The van der Waals surface area contributed by atoms with Gasteiger partial charge in [-0.05, 0) is 37.4 Å². The van der Waals surface area contributed by atoms with E-state index in [-0.39, 0.29) is 24.5 Å². The summed E-state index contributed by atoms with van der Waals surface area (Å²) in [5.41, 5.74) is 0.158. The van der Waals surface area contributed by atoms with Crippen LogP contribution >= 0.6 is 0 Å². The Balaban J connectivity index is 1.60. The highest BCUT2D eigenvalue weighted by atomic mass is 16.5. The third kappa shape index (κ3) is 3.93. The first kappa shape index (κ1) is 21.1. The van der Waals surface area contributed by atoms with Gasteiger partial charge < -0.3 is 10.1 Å².